The molecule has 0 unspecified atom stereocenters. The van der Waals surface area contributed by atoms with Crippen molar-refractivity contribution in [3.05, 3.63) is 48.0 Å². The van der Waals surface area contributed by atoms with E-state index in [9.17, 15) is 8.42 Å². The first-order valence-electron chi connectivity index (χ1n) is 6.65. The summed E-state index contributed by atoms with van der Waals surface area (Å²) in [6.45, 7) is 2.09. The first kappa shape index (κ1) is 15.3. The van der Waals surface area contributed by atoms with Crippen LogP contribution in [0.2, 0.25) is 0 Å². The predicted molar refractivity (Wildman–Crippen MR) is 86.2 cm³/mol. The number of nitrogens with one attached hydrogen (secondary N) is 2. The standard InChI is InChI=1S/C15H19N3O2S/c1-3-11-4-6-12(7-5-11)18-15-10-13(8-9-14(15)16)21(19,20)17-2/h4-10,17-18H,3,16H2,1-2H3. The van der Waals surface area contributed by atoms with E-state index >= 15 is 0 Å². The first-order chi connectivity index (χ1) is 9.96. The molecule has 4 N–H and O–H groups in total. The van der Waals surface area contributed by atoms with E-state index in [0.29, 0.717) is 11.4 Å². The van der Waals surface area contributed by atoms with E-state index in [2.05, 4.69) is 17.0 Å². The molecule has 0 amide bonds. The normalized spacial score (nSPS) is 11.3. The second-order valence-electron chi connectivity index (χ2n) is 4.63. The average molecular weight is 305 g/mol. The zero-order valence-electron chi connectivity index (χ0n) is 12.1. The van der Waals surface area contributed by atoms with Crippen LogP contribution < -0.4 is 15.8 Å². The van der Waals surface area contributed by atoms with Crippen molar-refractivity contribution in [1.82, 2.24) is 4.72 Å². The molecule has 0 atom stereocenters. The van der Waals surface area contributed by atoms with E-state index in [1.165, 1.54) is 24.7 Å². The lowest BCUT2D eigenvalue weighted by atomic mass is 10.1. The van der Waals surface area contributed by atoms with Crippen LogP contribution in [0, 0.1) is 0 Å². The highest BCUT2D eigenvalue weighted by molar-refractivity contribution is 7.89. The number of sulfonamides is 1. The first-order valence-corrected chi connectivity index (χ1v) is 8.13. The Balaban J connectivity index is 2.32. The fourth-order valence-electron chi connectivity index (χ4n) is 1.91. The van der Waals surface area contributed by atoms with Gasteiger partial charge in [-0.1, -0.05) is 19.1 Å². The van der Waals surface area contributed by atoms with Crippen molar-refractivity contribution < 1.29 is 8.42 Å². The summed E-state index contributed by atoms with van der Waals surface area (Å²) < 4.78 is 25.9. The summed E-state index contributed by atoms with van der Waals surface area (Å²) >= 11 is 0. The predicted octanol–water partition coefficient (Wildman–Crippen LogP) is 2.48. The van der Waals surface area contributed by atoms with Crippen LogP contribution >= 0.6 is 0 Å². The lowest BCUT2D eigenvalue weighted by Gasteiger charge is -2.12. The van der Waals surface area contributed by atoms with Gasteiger partial charge >= 0.3 is 0 Å². The summed E-state index contributed by atoms with van der Waals surface area (Å²) in [5.41, 5.74) is 9.05. The molecule has 2 aromatic carbocycles. The van der Waals surface area contributed by atoms with Crippen LogP contribution in [0.4, 0.5) is 17.1 Å². The van der Waals surface area contributed by atoms with Gasteiger partial charge in [0.05, 0.1) is 16.3 Å². The van der Waals surface area contributed by atoms with Gasteiger partial charge in [-0.2, -0.15) is 0 Å². The highest BCUT2D eigenvalue weighted by Crippen LogP contribution is 2.26. The van der Waals surface area contributed by atoms with Gasteiger partial charge in [-0.3, -0.25) is 0 Å². The summed E-state index contributed by atoms with van der Waals surface area (Å²) in [4.78, 5) is 0.173. The van der Waals surface area contributed by atoms with Crippen molar-refractivity contribution in [3.8, 4) is 0 Å². The monoisotopic (exact) mass is 305 g/mol. The molecular weight excluding hydrogens is 286 g/mol. The molecular formula is C15H19N3O2S. The quantitative estimate of drug-likeness (QED) is 0.741. The van der Waals surface area contributed by atoms with Gasteiger partial charge in [0.1, 0.15) is 0 Å². The molecule has 0 fully saturated rings. The van der Waals surface area contributed by atoms with Gasteiger partial charge in [0.15, 0.2) is 0 Å². The number of rotatable bonds is 5. The van der Waals surface area contributed by atoms with Crippen molar-refractivity contribution in [2.45, 2.75) is 18.2 Å². The van der Waals surface area contributed by atoms with Gasteiger partial charge in [0.2, 0.25) is 10.0 Å². The fourth-order valence-corrected chi connectivity index (χ4v) is 2.66. The number of nitrogens with two attached hydrogens (primary N) is 1. The summed E-state index contributed by atoms with van der Waals surface area (Å²) in [6.07, 6.45) is 0.971. The summed E-state index contributed by atoms with van der Waals surface area (Å²) in [5, 5.41) is 3.14. The van der Waals surface area contributed by atoms with E-state index in [4.69, 9.17) is 5.73 Å². The number of hydrogen-bond acceptors (Lipinski definition) is 4. The molecule has 0 heterocycles. The lowest BCUT2D eigenvalue weighted by molar-refractivity contribution is 0.588. The van der Waals surface area contributed by atoms with Crippen molar-refractivity contribution in [2.75, 3.05) is 18.1 Å². The Morgan fingerprint density at radius 3 is 2.33 bits per heavy atom. The molecule has 0 spiro atoms. The third kappa shape index (κ3) is 3.53. The average Bonchev–Trinajstić information content (AvgIpc) is 2.50. The number of benzene rings is 2. The minimum absolute atomic E-state index is 0.173. The van der Waals surface area contributed by atoms with Crippen LogP contribution in [-0.2, 0) is 16.4 Å². The van der Waals surface area contributed by atoms with Crippen LogP contribution in [0.25, 0.3) is 0 Å². The second kappa shape index (κ2) is 6.15. The highest BCUT2D eigenvalue weighted by atomic mass is 32.2. The van der Waals surface area contributed by atoms with Crippen LogP contribution in [0.3, 0.4) is 0 Å². The maximum atomic E-state index is 11.8. The van der Waals surface area contributed by atoms with Crippen molar-refractivity contribution in [3.63, 3.8) is 0 Å². The molecule has 2 aromatic rings. The van der Waals surface area contributed by atoms with E-state index in [1.54, 1.807) is 6.07 Å². The molecule has 0 radical (unpaired) electrons. The maximum absolute atomic E-state index is 11.8. The molecule has 0 saturated heterocycles. The summed E-state index contributed by atoms with van der Waals surface area (Å²) in [5.74, 6) is 0. The molecule has 21 heavy (non-hydrogen) atoms. The summed E-state index contributed by atoms with van der Waals surface area (Å²) in [6, 6.07) is 12.5. The Morgan fingerprint density at radius 2 is 1.76 bits per heavy atom. The third-order valence-electron chi connectivity index (χ3n) is 3.24. The van der Waals surface area contributed by atoms with Crippen molar-refractivity contribution >= 4 is 27.1 Å². The Kier molecular flexibility index (Phi) is 4.50. The van der Waals surface area contributed by atoms with E-state index in [1.807, 2.05) is 24.3 Å². The van der Waals surface area contributed by atoms with Gasteiger partial charge in [0, 0.05) is 5.69 Å². The number of nitrogen functional groups attached to an aromatic ring is 1. The van der Waals surface area contributed by atoms with Gasteiger partial charge < -0.3 is 11.1 Å². The topological polar surface area (TPSA) is 84.2 Å². The van der Waals surface area contributed by atoms with Gasteiger partial charge in [0.25, 0.3) is 0 Å². The molecule has 0 aliphatic heterocycles. The molecule has 2 rings (SSSR count). The molecule has 0 aliphatic carbocycles. The number of anilines is 3. The largest absolute Gasteiger partial charge is 0.397 e. The number of hydrogen-bond donors (Lipinski definition) is 3. The lowest BCUT2D eigenvalue weighted by Crippen LogP contribution is -2.18. The Hall–Kier alpha value is -2.05. The zero-order chi connectivity index (χ0) is 15.5. The van der Waals surface area contributed by atoms with E-state index in [0.717, 1.165) is 12.1 Å². The van der Waals surface area contributed by atoms with Crippen LogP contribution in [-0.4, -0.2) is 15.5 Å². The van der Waals surface area contributed by atoms with Crippen LogP contribution in [0.1, 0.15) is 12.5 Å². The molecule has 5 nitrogen and oxygen atoms in total. The zero-order valence-corrected chi connectivity index (χ0v) is 12.9. The molecule has 6 heteroatoms. The minimum Gasteiger partial charge on any atom is -0.397 e. The molecule has 0 aromatic heterocycles. The van der Waals surface area contributed by atoms with Crippen LogP contribution in [0.15, 0.2) is 47.4 Å². The minimum atomic E-state index is -3.49. The highest BCUT2D eigenvalue weighted by Gasteiger charge is 2.13. The number of aryl methyl sites for hydroxylation is 1. The van der Waals surface area contributed by atoms with E-state index < -0.39 is 10.0 Å². The van der Waals surface area contributed by atoms with Crippen LogP contribution in [0.5, 0.6) is 0 Å². The Bertz CT molecular complexity index is 725. The third-order valence-corrected chi connectivity index (χ3v) is 4.66. The Labute approximate surface area is 125 Å². The van der Waals surface area contributed by atoms with Crippen molar-refractivity contribution in [2.24, 2.45) is 0 Å². The molecule has 112 valence electrons. The molecule has 0 bridgehead atoms. The molecule has 0 saturated carbocycles. The maximum Gasteiger partial charge on any atom is 0.240 e. The fraction of sp³-hybridized carbons (Fsp3) is 0.200. The van der Waals surface area contributed by atoms with Gasteiger partial charge in [-0.25, -0.2) is 13.1 Å². The molecule has 0 aliphatic rings. The Morgan fingerprint density at radius 1 is 1.10 bits per heavy atom. The van der Waals surface area contributed by atoms with E-state index in [-0.39, 0.29) is 4.90 Å². The smallest absolute Gasteiger partial charge is 0.240 e. The van der Waals surface area contributed by atoms with Crippen molar-refractivity contribution in [1.29, 1.82) is 0 Å². The SMILES string of the molecule is CCc1ccc(Nc2cc(S(=O)(=O)NC)ccc2N)cc1. The van der Waals surface area contributed by atoms with Gasteiger partial charge in [-0.05, 0) is 49.4 Å². The van der Waals surface area contributed by atoms with Gasteiger partial charge in [-0.15, -0.1) is 0 Å². The summed E-state index contributed by atoms with van der Waals surface area (Å²) in [7, 11) is -2.11. The second-order valence-corrected chi connectivity index (χ2v) is 6.52.